The monoisotopic (exact) mass is 359 g/mol. The van der Waals surface area contributed by atoms with Gasteiger partial charge in [-0.2, -0.15) is 0 Å². The summed E-state index contributed by atoms with van der Waals surface area (Å²) in [6, 6.07) is 7.29. The van der Waals surface area contributed by atoms with Crippen molar-refractivity contribution in [1.82, 2.24) is 15.1 Å². The molecule has 2 N–H and O–H groups in total. The van der Waals surface area contributed by atoms with E-state index in [2.05, 4.69) is 17.1 Å². The Bertz CT molecular complexity index is 584. The van der Waals surface area contributed by atoms with E-state index in [-0.39, 0.29) is 11.8 Å². The summed E-state index contributed by atoms with van der Waals surface area (Å²) in [5, 5.41) is 12.5. The predicted molar refractivity (Wildman–Crippen MR) is 104 cm³/mol. The Morgan fingerprint density at radius 1 is 1.23 bits per heavy atom. The molecule has 2 heterocycles. The van der Waals surface area contributed by atoms with Gasteiger partial charge in [0.2, 0.25) is 0 Å². The van der Waals surface area contributed by atoms with Gasteiger partial charge in [-0.3, -0.25) is 0 Å². The molecule has 0 bridgehead atoms. The standard InChI is InChI=1S/C21H33N3O2/c1-17-8-12-23(13-9-17)15-19-5-3-11-24(16-19)21(26)22-10-7-18-4-2-6-20(25)14-18/h2,4,6,14,17,19,25H,3,5,7-13,15-16H2,1H3,(H,22,26). The van der Waals surface area contributed by atoms with Gasteiger partial charge in [0.25, 0.3) is 0 Å². The highest BCUT2D eigenvalue weighted by Crippen LogP contribution is 2.22. The maximum absolute atomic E-state index is 12.5. The quantitative estimate of drug-likeness (QED) is 0.849. The minimum Gasteiger partial charge on any atom is -0.508 e. The summed E-state index contributed by atoms with van der Waals surface area (Å²) in [4.78, 5) is 17.1. The van der Waals surface area contributed by atoms with Gasteiger partial charge in [0.15, 0.2) is 0 Å². The lowest BCUT2D eigenvalue weighted by atomic mass is 9.94. The van der Waals surface area contributed by atoms with Crippen molar-refractivity contribution in [3.63, 3.8) is 0 Å². The van der Waals surface area contributed by atoms with Gasteiger partial charge >= 0.3 is 6.03 Å². The lowest BCUT2D eigenvalue weighted by molar-refractivity contribution is 0.120. The van der Waals surface area contributed by atoms with E-state index in [4.69, 9.17) is 0 Å². The Hall–Kier alpha value is -1.75. The maximum atomic E-state index is 12.5. The molecule has 0 radical (unpaired) electrons. The number of piperidine rings is 2. The average molecular weight is 360 g/mol. The molecule has 1 aromatic carbocycles. The van der Waals surface area contributed by atoms with Gasteiger partial charge in [-0.1, -0.05) is 19.1 Å². The van der Waals surface area contributed by atoms with Crippen LogP contribution in [0.4, 0.5) is 4.79 Å². The van der Waals surface area contributed by atoms with Crippen molar-refractivity contribution >= 4 is 6.03 Å². The number of phenolic OH excluding ortho intramolecular Hbond substituents is 1. The first-order valence-electron chi connectivity index (χ1n) is 10.1. The predicted octanol–water partition coefficient (Wildman–Crippen LogP) is 3.09. The van der Waals surface area contributed by atoms with Crippen LogP contribution in [0.1, 0.15) is 38.2 Å². The summed E-state index contributed by atoms with van der Waals surface area (Å²) in [6.45, 7) is 8.27. The van der Waals surface area contributed by atoms with E-state index >= 15 is 0 Å². The molecular formula is C21H33N3O2. The molecule has 5 nitrogen and oxygen atoms in total. The number of phenols is 1. The minimum absolute atomic E-state index is 0.0575. The summed E-state index contributed by atoms with van der Waals surface area (Å²) in [5.74, 6) is 1.75. The lowest BCUT2D eigenvalue weighted by Gasteiger charge is -2.37. The van der Waals surface area contributed by atoms with Crippen LogP contribution in [0.25, 0.3) is 0 Å². The summed E-state index contributed by atoms with van der Waals surface area (Å²) < 4.78 is 0. The van der Waals surface area contributed by atoms with Crippen LogP contribution in [0.3, 0.4) is 0 Å². The van der Waals surface area contributed by atoms with Crippen LogP contribution in [-0.2, 0) is 6.42 Å². The van der Waals surface area contributed by atoms with Crippen molar-refractivity contribution in [2.24, 2.45) is 11.8 Å². The van der Waals surface area contributed by atoms with Gasteiger partial charge in [-0.05, 0) is 74.7 Å². The number of rotatable bonds is 5. The fourth-order valence-corrected chi connectivity index (χ4v) is 4.15. The van der Waals surface area contributed by atoms with Crippen LogP contribution in [0, 0.1) is 11.8 Å². The van der Waals surface area contributed by atoms with Crippen LogP contribution in [0.15, 0.2) is 24.3 Å². The molecule has 0 aliphatic carbocycles. The first kappa shape index (κ1) is 19.0. The van der Waals surface area contributed by atoms with E-state index in [1.54, 1.807) is 12.1 Å². The van der Waals surface area contributed by atoms with Gasteiger partial charge in [0.05, 0.1) is 0 Å². The highest BCUT2D eigenvalue weighted by atomic mass is 16.3. The van der Waals surface area contributed by atoms with Gasteiger partial charge in [0, 0.05) is 26.2 Å². The molecule has 2 fully saturated rings. The van der Waals surface area contributed by atoms with Crippen LogP contribution in [0.2, 0.25) is 0 Å². The number of aromatic hydroxyl groups is 1. The van der Waals surface area contributed by atoms with E-state index in [9.17, 15) is 9.90 Å². The molecule has 3 rings (SSSR count). The molecule has 26 heavy (non-hydrogen) atoms. The SMILES string of the molecule is CC1CCN(CC2CCCN(C(=O)NCCc3cccc(O)c3)C2)CC1. The molecule has 1 atom stereocenters. The Morgan fingerprint density at radius 2 is 2.04 bits per heavy atom. The van der Waals surface area contributed by atoms with E-state index < -0.39 is 0 Å². The van der Waals surface area contributed by atoms with Crippen LogP contribution >= 0.6 is 0 Å². The fraction of sp³-hybridized carbons (Fsp3) is 0.667. The Labute approximate surface area is 157 Å². The van der Waals surface area contributed by atoms with E-state index in [1.807, 2.05) is 17.0 Å². The number of nitrogens with one attached hydrogen (secondary N) is 1. The number of amides is 2. The molecule has 0 aromatic heterocycles. The third kappa shape index (κ3) is 5.63. The summed E-state index contributed by atoms with van der Waals surface area (Å²) >= 11 is 0. The zero-order valence-electron chi connectivity index (χ0n) is 16.0. The third-order valence-electron chi connectivity index (χ3n) is 5.80. The van der Waals surface area contributed by atoms with Crippen molar-refractivity contribution in [3.05, 3.63) is 29.8 Å². The van der Waals surface area contributed by atoms with Gasteiger partial charge in [-0.15, -0.1) is 0 Å². The second-order valence-corrected chi connectivity index (χ2v) is 8.09. The molecule has 0 spiro atoms. The van der Waals surface area contributed by atoms with E-state index in [0.717, 1.165) is 44.0 Å². The molecule has 1 unspecified atom stereocenters. The van der Waals surface area contributed by atoms with Crippen molar-refractivity contribution in [2.75, 3.05) is 39.3 Å². The smallest absolute Gasteiger partial charge is 0.317 e. The highest BCUT2D eigenvalue weighted by Gasteiger charge is 2.26. The normalized spacial score (nSPS) is 22.3. The van der Waals surface area contributed by atoms with Crippen molar-refractivity contribution in [3.8, 4) is 5.75 Å². The second-order valence-electron chi connectivity index (χ2n) is 8.09. The van der Waals surface area contributed by atoms with Crippen molar-refractivity contribution < 1.29 is 9.90 Å². The Balaban J connectivity index is 1.39. The summed E-state index contributed by atoms with van der Waals surface area (Å²) in [7, 11) is 0. The topological polar surface area (TPSA) is 55.8 Å². The summed E-state index contributed by atoms with van der Waals surface area (Å²) in [5.41, 5.74) is 1.04. The molecular weight excluding hydrogens is 326 g/mol. The number of urea groups is 1. The third-order valence-corrected chi connectivity index (χ3v) is 5.80. The molecule has 2 aliphatic heterocycles. The first-order chi connectivity index (χ1) is 12.6. The van der Waals surface area contributed by atoms with Crippen LogP contribution < -0.4 is 5.32 Å². The van der Waals surface area contributed by atoms with Gasteiger partial charge in [-0.25, -0.2) is 4.79 Å². The van der Waals surface area contributed by atoms with Gasteiger partial charge in [0.1, 0.15) is 5.75 Å². The first-order valence-corrected chi connectivity index (χ1v) is 10.1. The molecule has 144 valence electrons. The molecule has 2 aliphatic rings. The Morgan fingerprint density at radius 3 is 2.81 bits per heavy atom. The number of likely N-dealkylation sites (tertiary alicyclic amines) is 2. The van der Waals surface area contributed by atoms with Crippen LogP contribution in [-0.4, -0.2) is 60.2 Å². The second kappa shape index (κ2) is 9.26. The fourth-order valence-electron chi connectivity index (χ4n) is 4.15. The van der Waals surface area contributed by atoms with E-state index in [0.29, 0.717) is 12.5 Å². The molecule has 2 saturated heterocycles. The number of nitrogens with zero attached hydrogens (tertiary/aromatic N) is 2. The highest BCUT2D eigenvalue weighted by molar-refractivity contribution is 5.74. The van der Waals surface area contributed by atoms with Crippen LogP contribution in [0.5, 0.6) is 5.75 Å². The molecule has 1 aromatic rings. The molecule has 2 amide bonds. The molecule has 5 heteroatoms. The largest absolute Gasteiger partial charge is 0.508 e. The van der Waals surface area contributed by atoms with Gasteiger partial charge < -0.3 is 20.2 Å². The van der Waals surface area contributed by atoms with Crippen molar-refractivity contribution in [1.29, 1.82) is 0 Å². The Kier molecular flexibility index (Phi) is 6.78. The maximum Gasteiger partial charge on any atom is 0.317 e. The number of carbonyl (C=O) groups is 1. The van der Waals surface area contributed by atoms with E-state index in [1.165, 1.54) is 32.4 Å². The minimum atomic E-state index is 0.0575. The zero-order valence-corrected chi connectivity index (χ0v) is 16.0. The number of hydrogen-bond donors (Lipinski definition) is 2. The molecule has 0 saturated carbocycles. The number of carbonyl (C=O) groups excluding carboxylic acids is 1. The average Bonchev–Trinajstić information content (AvgIpc) is 2.64. The van der Waals surface area contributed by atoms with Crippen molar-refractivity contribution in [2.45, 2.75) is 39.0 Å². The zero-order chi connectivity index (χ0) is 18.4. The number of hydrogen-bond acceptors (Lipinski definition) is 3. The summed E-state index contributed by atoms with van der Waals surface area (Å²) in [6.07, 6.45) is 5.70. The number of benzene rings is 1. The lowest BCUT2D eigenvalue weighted by Crippen LogP contribution is -2.48.